The third-order valence-electron chi connectivity index (χ3n) is 4.65. The molecule has 0 atom stereocenters. The first-order valence-corrected chi connectivity index (χ1v) is 11.3. The second kappa shape index (κ2) is 20.3. The van der Waals surface area contributed by atoms with E-state index in [1.807, 2.05) is 12.2 Å². The van der Waals surface area contributed by atoms with Gasteiger partial charge in [-0.15, -0.1) is 0 Å². The third-order valence-corrected chi connectivity index (χ3v) is 4.65. The zero-order valence-corrected chi connectivity index (χ0v) is 17.9. The monoisotopic (exact) mass is 363 g/mol. The molecule has 0 bridgehead atoms. The SMILES string of the molecule is CCCCCCCCCCCCCCCC=CC=CC(=O)NCC(C)C. The van der Waals surface area contributed by atoms with E-state index in [0.29, 0.717) is 5.92 Å². The van der Waals surface area contributed by atoms with Gasteiger partial charge in [-0.05, 0) is 18.8 Å². The van der Waals surface area contributed by atoms with Crippen molar-refractivity contribution in [2.24, 2.45) is 5.92 Å². The molecule has 0 rings (SSSR count). The van der Waals surface area contributed by atoms with Gasteiger partial charge in [0.1, 0.15) is 0 Å². The van der Waals surface area contributed by atoms with Gasteiger partial charge in [0, 0.05) is 12.6 Å². The minimum absolute atomic E-state index is 0.00399. The summed E-state index contributed by atoms with van der Waals surface area (Å²) in [6.07, 6.45) is 26.9. The van der Waals surface area contributed by atoms with Gasteiger partial charge in [-0.3, -0.25) is 4.79 Å². The van der Waals surface area contributed by atoms with Crippen LogP contribution in [-0.2, 0) is 4.79 Å². The van der Waals surface area contributed by atoms with Gasteiger partial charge in [-0.25, -0.2) is 0 Å². The van der Waals surface area contributed by atoms with Gasteiger partial charge in [-0.2, -0.15) is 0 Å². The lowest BCUT2D eigenvalue weighted by atomic mass is 10.0. The molecule has 0 spiro atoms. The number of rotatable bonds is 18. The predicted octanol–water partition coefficient (Wildman–Crippen LogP) is 7.35. The number of allylic oxidation sites excluding steroid dienone is 3. The van der Waals surface area contributed by atoms with E-state index >= 15 is 0 Å². The fraction of sp³-hybridized carbons (Fsp3) is 0.792. The molecule has 1 N–H and O–H groups in total. The van der Waals surface area contributed by atoms with Crippen LogP contribution in [0.2, 0.25) is 0 Å². The molecule has 0 radical (unpaired) electrons. The number of hydrogen-bond acceptors (Lipinski definition) is 1. The second-order valence-electron chi connectivity index (χ2n) is 7.96. The summed E-state index contributed by atoms with van der Waals surface area (Å²) in [5, 5.41) is 2.88. The minimum Gasteiger partial charge on any atom is -0.352 e. The molecule has 0 aromatic rings. The number of carbonyl (C=O) groups excluding carboxylic acids is 1. The molecule has 2 nitrogen and oxygen atoms in total. The molecule has 0 aliphatic rings. The fourth-order valence-electron chi connectivity index (χ4n) is 2.96. The number of carbonyl (C=O) groups is 1. The highest BCUT2D eigenvalue weighted by atomic mass is 16.1. The standard InChI is InChI=1S/C24H45NO/c1-4-5-6-7-8-9-10-11-12-13-14-15-16-17-18-19-20-21-24(26)25-22-23(2)3/h18-21,23H,4-17,22H2,1-3H3,(H,25,26). The van der Waals surface area contributed by atoms with E-state index in [-0.39, 0.29) is 5.91 Å². The number of hydrogen-bond donors (Lipinski definition) is 1. The minimum atomic E-state index is 0.00399. The summed E-state index contributed by atoms with van der Waals surface area (Å²) in [6, 6.07) is 0. The van der Waals surface area contributed by atoms with Crippen molar-refractivity contribution in [2.75, 3.05) is 6.54 Å². The zero-order valence-electron chi connectivity index (χ0n) is 17.9. The quantitative estimate of drug-likeness (QED) is 0.154. The van der Waals surface area contributed by atoms with Crippen molar-refractivity contribution < 1.29 is 4.79 Å². The first-order chi connectivity index (χ1) is 12.7. The van der Waals surface area contributed by atoms with Crippen LogP contribution in [0.15, 0.2) is 24.3 Å². The predicted molar refractivity (Wildman–Crippen MR) is 116 cm³/mol. The van der Waals surface area contributed by atoms with Crippen LogP contribution in [0, 0.1) is 5.92 Å². The van der Waals surface area contributed by atoms with Gasteiger partial charge < -0.3 is 5.32 Å². The molecule has 0 fully saturated rings. The van der Waals surface area contributed by atoms with Gasteiger partial charge in [0.05, 0.1) is 0 Å². The number of amides is 1. The van der Waals surface area contributed by atoms with Crippen LogP contribution in [0.3, 0.4) is 0 Å². The van der Waals surface area contributed by atoms with Crippen molar-refractivity contribution in [3.05, 3.63) is 24.3 Å². The van der Waals surface area contributed by atoms with Crippen molar-refractivity contribution >= 4 is 5.91 Å². The maximum absolute atomic E-state index is 11.5. The zero-order chi connectivity index (χ0) is 19.3. The van der Waals surface area contributed by atoms with Crippen LogP contribution >= 0.6 is 0 Å². The largest absolute Gasteiger partial charge is 0.352 e. The van der Waals surface area contributed by atoms with Crippen LogP contribution in [0.1, 0.15) is 111 Å². The van der Waals surface area contributed by atoms with E-state index in [9.17, 15) is 4.79 Å². The van der Waals surface area contributed by atoms with Gasteiger partial charge >= 0.3 is 0 Å². The molecule has 0 saturated carbocycles. The molecular formula is C24H45NO. The second-order valence-corrected chi connectivity index (χ2v) is 7.96. The van der Waals surface area contributed by atoms with Crippen LogP contribution in [0.25, 0.3) is 0 Å². The molecule has 152 valence electrons. The maximum Gasteiger partial charge on any atom is 0.243 e. The summed E-state index contributed by atoms with van der Waals surface area (Å²) in [7, 11) is 0. The third kappa shape index (κ3) is 21.0. The van der Waals surface area contributed by atoms with Gasteiger partial charge in [0.25, 0.3) is 0 Å². The Bertz CT molecular complexity index is 357. The highest BCUT2D eigenvalue weighted by Crippen LogP contribution is 2.12. The average Bonchev–Trinajstić information content (AvgIpc) is 2.62. The van der Waals surface area contributed by atoms with Gasteiger partial charge in [-0.1, -0.05) is 116 Å². The van der Waals surface area contributed by atoms with Gasteiger partial charge in [0.2, 0.25) is 5.91 Å². The lowest BCUT2D eigenvalue weighted by Gasteiger charge is -2.03. The van der Waals surface area contributed by atoms with Crippen LogP contribution in [-0.4, -0.2) is 12.5 Å². The van der Waals surface area contributed by atoms with E-state index in [1.54, 1.807) is 6.08 Å². The highest BCUT2D eigenvalue weighted by Gasteiger charge is 1.96. The Morgan fingerprint density at radius 1 is 0.769 bits per heavy atom. The normalized spacial score (nSPS) is 11.8. The molecule has 0 aliphatic heterocycles. The molecule has 1 amide bonds. The molecule has 0 aromatic carbocycles. The van der Waals surface area contributed by atoms with E-state index in [2.05, 4.69) is 32.2 Å². The summed E-state index contributed by atoms with van der Waals surface area (Å²) in [4.78, 5) is 11.5. The van der Waals surface area contributed by atoms with Crippen molar-refractivity contribution in [2.45, 2.75) is 111 Å². The molecule has 0 aliphatic carbocycles. The maximum atomic E-state index is 11.5. The Morgan fingerprint density at radius 2 is 1.27 bits per heavy atom. The highest BCUT2D eigenvalue weighted by molar-refractivity contribution is 5.87. The summed E-state index contributed by atoms with van der Waals surface area (Å²) < 4.78 is 0. The Kier molecular flexibility index (Phi) is 19.4. The molecule has 0 aromatic heterocycles. The Balaban J connectivity index is 3.27. The van der Waals surface area contributed by atoms with Crippen molar-refractivity contribution in [3.8, 4) is 0 Å². The fourth-order valence-corrected chi connectivity index (χ4v) is 2.96. The summed E-state index contributed by atoms with van der Waals surface area (Å²) in [5.74, 6) is 0.503. The topological polar surface area (TPSA) is 29.1 Å². The summed E-state index contributed by atoms with van der Waals surface area (Å²) in [5.41, 5.74) is 0. The Labute approximate surface area is 163 Å². The lowest BCUT2D eigenvalue weighted by Crippen LogP contribution is -2.25. The van der Waals surface area contributed by atoms with E-state index in [4.69, 9.17) is 0 Å². The van der Waals surface area contributed by atoms with Crippen LogP contribution in [0.5, 0.6) is 0 Å². The molecule has 0 unspecified atom stereocenters. The lowest BCUT2D eigenvalue weighted by molar-refractivity contribution is -0.116. The molecule has 0 saturated heterocycles. The molecule has 0 heterocycles. The first-order valence-electron chi connectivity index (χ1n) is 11.3. The van der Waals surface area contributed by atoms with Crippen molar-refractivity contribution in [1.29, 1.82) is 0 Å². The molecular weight excluding hydrogens is 318 g/mol. The summed E-state index contributed by atoms with van der Waals surface area (Å²) >= 11 is 0. The Hall–Kier alpha value is -1.05. The number of unbranched alkanes of at least 4 members (excludes halogenated alkanes) is 13. The Morgan fingerprint density at radius 3 is 1.77 bits per heavy atom. The van der Waals surface area contributed by atoms with Gasteiger partial charge in [0.15, 0.2) is 0 Å². The van der Waals surface area contributed by atoms with Crippen molar-refractivity contribution in [1.82, 2.24) is 5.32 Å². The van der Waals surface area contributed by atoms with E-state index < -0.39 is 0 Å². The summed E-state index contributed by atoms with van der Waals surface area (Å²) in [6.45, 7) is 7.22. The smallest absolute Gasteiger partial charge is 0.243 e. The van der Waals surface area contributed by atoms with Crippen molar-refractivity contribution in [3.63, 3.8) is 0 Å². The number of nitrogens with one attached hydrogen (secondary N) is 1. The average molecular weight is 364 g/mol. The molecule has 2 heteroatoms. The van der Waals surface area contributed by atoms with Crippen LogP contribution in [0.4, 0.5) is 0 Å². The van der Waals surface area contributed by atoms with E-state index in [0.717, 1.165) is 13.0 Å². The first kappa shape index (κ1) is 24.9. The van der Waals surface area contributed by atoms with Crippen LogP contribution < -0.4 is 5.32 Å². The molecule has 26 heavy (non-hydrogen) atoms. The van der Waals surface area contributed by atoms with E-state index in [1.165, 1.54) is 83.5 Å².